The summed E-state index contributed by atoms with van der Waals surface area (Å²) in [5.41, 5.74) is 0. The fourth-order valence-corrected chi connectivity index (χ4v) is 8.69. The molecule has 0 aromatic carbocycles. The molecule has 438 valence electrons. The summed E-state index contributed by atoms with van der Waals surface area (Å²) in [6, 6.07) is 0. The van der Waals surface area contributed by atoms with Crippen molar-refractivity contribution in [3.05, 3.63) is 122 Å². The molecule has 0 aliphatic carbocycles. The van der Waals surface area contributed by atoms with Gasteiger partial charge in [-0.15, -0.1) is 0 Å². The maximum Gasteiger partial charge on any atom is 0.306 e. The van der Waals surface area contributed by atoms with E-state index in [2.05, 4.69) is 142 Å². The minimum atomic E-state index is -0.805. The Hall–Kier alpha value is -4.19. The zero-order valence-electron chi connectivity index (χ0n) is 50.2. The van der Waals surface area contributed by atoms with Crippen LogP contribution in [0, 0.1) is 0 Å². The summed E-state index contributed by atoms with van der Waals surface area (Å²) >= 11 is 0. The molecule has 6 heteroatoms. The number of carbonyl (C=O) groups is 3. The molecule has 0 rings (SSSR count). The number of unbranched alkanes of at least 4 members (excludes halogenated alkanes) is 26. The van der Waals surface area contributed by atoms with Crippen LogP contribution in [-0.2, 0) is 28.6 Å². The highest BCUT2D eigenvalue weighted by atomic mass is 16.6. The second kappa shape index (κ2) is 64.3. The van der Waals surface area contributed by atoms with Gasteiger partial charge >= 0.3 is 17.9 Å². The van der Waals surface area contributed by atoms with E-state index >= 15 is 0 Å². The fraction of sp³-hybridized carbons (Fsp3) is 0.676. The SMILES string of the molecule is CC/C=C\C/C=C\C/C=C\C/C=C\C/C=C\CCCCCCCCCCCCCCCCCC(=O)OCC(COC(=O)CCCCCCC/C=C\CCCCCC)OC(=O)CCCC/C=C\C/C=C\C/C=C\C/C=C\CC. The monoisotopic (exact) mass is 1070 g/mol. The van der Waals surface area contributed by atoms with Crippen molar-refractivity contribution in [1.82, 2.24) is 0 Å². The molecule has 0 bridgehead atoms. The third-order valence-corrected chi connectivity index (χ3v) is 13.4. The minimum absolute atomic E-state index is 0.0978. The number of carbonyl (C=O) groups excluding carboxylic acids is 3. The highest BCUT2D eigenvalue weighted by Crippen LogP contribution is 2.16. The molecule has 0 heterocycles. The standard InChI is InChI=1S/C71H118O6/c1-4-7-10-13-16-19-22-25-27-28-29-30-31-32-33-34-35-36-37-38-39-40-41-42-44-46-49-52-55-58-61-64-70(73)76-67-68(66-75-69(72)63-60-57-54-51-48-45-24-21-18-15-12-9-6-3)77-71(74)65-62-59-56-53-50-47-43-26-23-20-17-14-11-8-5-2/h7-8,10-11,16-17,19-21,24-27,29-30,32-33,43,50,53,68H,4-6,9,12-15,18,22-23,28,31,34-42,44-49,51-52,54-67H2,1-3H3/b10-7-,11-8-,19-16-,20-17-,24-21-,27-25-,30-29-,33-32-,43-26-,53-50-. The van der Waals surface area contributed by atoms with Crippen LogP contribution in [-0.4, -0.2) is 37.2 Å². The zero-order chi connectivity index (χ0) is 55.7. The first-order valence-electron chi connectivity index (χ1n) is 32.0. The predicted molar refractivity (Wildman–Crippen MR) is 334 cm³/mol. The number of esters is 3. The Morgan fingerprint density at radius 2 is 0.506 bits per heavy atom. The van der Waals surface area contributed by atoms with Crippen LogP contribution in [0.1, 0.15) is 290 Å². The first kappa shape index (κ1) is 72.8. The second-order valence-electron chi connectivity index (χ2n) is 20.9. The van der Waals surface area contributed by atoms with Crippen LogP contribution in [0.3, 0.4) is 0 Å². The molecular formula is C71H118O6. The molecule has 0 aromatic rings. The van der Waals surface area contributed by atoms with Gasteiger partial charge in [-0.05, 0) is 128 Å². The van der Waals surface area contributed by atoms with Crippen LogP contribution in [0.2, 0.25) is 0 Å². The van der Waals surface area contributed by atoms with Crippen LogP contribution in [0.5, 0.6) is 0 Å². The van der Waals surface area contributed by atoms with E-state index in [1.165, 1.54) is 122 Å². The summed E-state index contributed by atoms with van der Waals surface area (Å²) in [4.78, 5) is 38.2. The fourth-order valence-electron chi connectivity index (χ4n) is 8.69. The van der Waals surface area contributed by atoms with E-state index in [1.54, 1.807) is 0 Å². The molecule has 0 aliphatic heterocycles. The van der Waals surface area contributed by atoms with Crippen molar-refractivity contribution < 1.29 is 28.6 Å². The summed E-state index contributed by atoms with van der Waals surface area (Å²) in [5.74, 6) is -0.945. The minimum Gasteiger partial charge on any atom is -0.462 e. The van der Waals surface area contributed by atoms with E-state index in [-0.39, 0.29) is 37.5 Å². The third-order valence-electron chi connectivity index (χ3n) is 13.4. The van der Waals surface area contributed by atoms with E-state index in [9.17, 15) is 14.4 Å². The third kappa shape index (κ3) is 62.5. The van der Waals surface area contributed by atoms with E-state index in [0.717, 1.165) is 122 Å². The summed E-state index contributed by atoms with van der Waals surface area (Å²) in [6.45, 7) is 6.36. The average molecular weight is 1070 g/mol. The highest BCUT2D eigenvalue weighted by Gasteiger charge is 2.19. The van der Waals surface area contributed by atoms with Gasteiger partial charge in [-0.3, -0.25) is 14.4 Å². The van der Waals surface area contributed by atoms with E-state index in [1.807, 2.05) is 0 Å². The molecular weight excluding hydrogens is 949 g/mol. The van der Waals surface area contributed by atoms with Crippen molar-refractivity contribution in [2.45, 2.75) is 297 Å². The molecule has 0 saturated heterocycles. The van der Waals surface area contributed by atoms with Gasteiger partial charge in [0.1, 0.15) is 13.2 Å². The molecule has 77 heavy (non-hydrogen) atoms. The Labute approximate surface area is 475 Å². The van der Waals surface area contributed by atoms with Crippen LogP contribution in [0.25, 0.3) is 0 Å². The van der Waals surface area contributed by atoms with E-state index in [4.69, 9.17) is 14.2 Å². The molecule has 1 unspecified atom stereocenters. The molecule has 0 N–H and O–H groups in total. The second-order valence-corrected chi connectivity index (χ2v) is 20.9. The number of hydrogen-bond donors (Lipinski definition) is 0. The number of ether oxygens (including phenoxy) is 3. The Balaban J connectivity index is 4.24. The van der Waals surface area contributed by atoms with Crippen molar-refractivity contribution in [2.75, 3.05) is 13.2 Å². The lowest BCUT2D eigenvalue weighted by Gasteiger charge is -2.18. The van der Waals surface area contributed by atoms with Gasteiger partial charge in [0.25, 0.3) is 0 Å². The van der Waals surface area contributed by atoms with Crippen molar-refractivity contribution in [1.29, 1.82) is 0 Å². The molecule has 0 fully saturated rings. The molecule has 0 radical (unpaired) electrons. The lowest BCUT2D eigenvalue weighted by atomic mass is 10.0. The largest absolute Gasteiger partial charge is 0.462 e. The van der Waals surface area contributed by atoms with Crippen molar-refractivity contribution >= 4 is 17.9 Å². The molecule has 0 spiro atoms. The first-order valence-corrected chi connectivity index (χ1v) is 32.0. The Morgan fingerprint density at radius 3 is 0.831 bits per heavy atom. The smallest absolute Gasteiger partial charge is 0.306 e. The van der Waals surface area contributed by atoms with Gasteiger partial charge in [-0.2, -0.15) is 0 Å². The first-order chi connectivity index (χ1) is 38.0. The number of allylic oxidation sites excluding steroid dienone is 20. The lowest BCUT2D eigenvalue weighted by molar-refractivity contribution is -0.167. The predicted octanol–water partition coefficient (Wildman–Crippen LogP) is 22.0. The van der Waals surface area contributed by atoms with E-state index in [0.29, 0.717) is 19.3 Å². The van der Waals surface area contributed by atoms with Gasteiger partial charge in [-0.1, -0.05) is 264 Å². The maximum atomic E-state index is 12.9. The average Bonchev–Trinajstić information content (AvgIpc) is 3.43. The van der Waals surface area contributed by atoms with Gasteiger partial charge < -0.3 is 14.2 Å². The van der Waals surface area contributed by atoms with E-state index < -0.39 is 6.10 Å². The summed E-state index contributed by atoms with van der Waals surface area (Å²) < 4.78 is 16.9. The molecule has 6 nitrogen and oxygen atoms in total. The van der Waals surface area contributed by atoms with Crippen molar-refractivity contribution in [3.8, 4) is 0 Å². The number of hydrogen-bond acceptors (Lipinski definition) is 6. The van der Waals surface area contributed by atoms with Gasteiger partial charge in [0.05, 0.1) is 0 Å². The van der Waals surface area contributed by atoms with Crippen LogP contribution in [0.15, 0.2) is 122 Å². The molecule has 1 atom stereocenters. The zero-order valence-corrected chi connectivity index (χ0v) is 50.2. The van der Waals surface area contributed by atoms with Gasteiger partial charge in [0.15, 0.2) is 6.10 Å². The van der Waals surface area contributed by atoms with Crippen LogP contribution < -0.4 is 0 Å². The molecule has 0 aliphatic rings. The molecule has 0 saturated carbocycles. The molecule has 0 amide bonds. The quantitative estimate of drug-likeness (QED) is 0.0261. The highest BCUT2D eigenvalue weighted by molar-refractivity contribution is 5.71. The van der Waals surface area contributed by atoms with Crippen LogP contribution in [0.4, 0.5) is 0 Å². The lowest BCUT2D eigenvalue weighted by Crippen LogP contribution is -2.30. The number of rotatable bonds is 57. The van der Waals surface area contributed by atoms with Gasteiger partial charge in [0.2, 0.25) is 0 Å². The Morgan fingerprint density at radius 1 is 0.273 bits per heavy atom. The summed E-state index contributed by atoms with van der Waals surface area (Å²) in [6.07, 6.45) is 89.3. The summed E-state index contributed by atoms with van der Waals surface area (Å²) in [7, 11) is 0. The summed E-state index contributed by atoms with van der Waals surface area (Å²) in [5, 5.41) is 0. The van der Waals surface area contributed by atoms with Gasteiger partial charge in [0, 0.05) is 19.3 Å². The van der Waals surface area contributed by atoms with Crippen molar-refractivity contribution in [3.63, 3.8) is 0 Å². The Kier molecular flexibility index (Phi) is 60.8. The maximum absolute atomic E-state index is 12.9. The normalized spacial score (nSPS) is 12.9. The van der Waals surface area contributed by atoms with Crippen LogP contribution >= 0.6 is 0 Å². The molecule has 0 aromatic heterocycles. The Bertz CT molecular complexity index is 1600. The van der Waals surface area contributed by atoms with Crippen molar-refractivity contribution in [2.24, 2.45) is 0 Å². The topological polar surface area (TPSA) is 78.9 Å². The van der Waals surface area contributed by atoms with Gasteiger partial charge in [-0.25, -0.2) is 0 Å².